The first-order valence-electron chi connectivity index (χ1n) is 30.8. The number of carbonyl (C=O) groups is 2. The number of methoxy groups -OCH3 is 2. The third-order valence-corrected chi connectivity index (χ3v) is 16.9. The van der Waals surface area contributed by atoms with Crippen LogP contribution in [-0.4, -0.2) is 140 Å². The van der Waals surface area contributed by atoms with E-state index in [9.17, 15) is 35.9 Å². The molecule has 0 amide bonds. The van der Waals surface area contributed by atoms with Crippen molar-refractivity contribution in [3.8, 4) is 62.7 Å². The van der Waals surface area contributed by atoms with Gasteiger partial charge in [-0.25, -0.2) is 29.5 Å². The summed E-state index contributed by atoms with van der Waals surface area (Å²) in [6, 6.07) is 19.3. The van der Waals surface area contributed by atoms with Crippen LogP contribution in [0.4, 0.5) is 26.3 Å². The number of hydrogen-bond donors (Lipinski definition) is 0. The fourth-order valence-corrected chi connectivity index (χ4v) is 12.6. The Kier molecular flexibility index (Phi) is 23.9. The van der Waals surface area contributed by atoms with Gasteiger partial charge in [0.1, 0.15) is 39.3 Å². The Bertz CT molecular complexity index is 4010. The molecule has 20 nitrogen and oxygen atoms in total. The largest absolute Gasteiger partial charge is 0.464 e. The molecule has 95 heavy (non-hydrogen) atoms. The number of esters is 2. The summed E-state index contributed by atoms with van der Waals surface area (Å²) in [4.78, 5) is 46.2. The lowest BCUT2D eigenvalue weighted by atomic mass is 10.1. The van der Waals surface area contributed by atoms with E-state index in [0.717, 1.165) is 85.6 Å². The second kappa shape index (κ2) is 31.8. The second-order valence-electron chi connectivity index (χ2n) is 23.2. The summed E-state index contributed by atoms with van der Waals surface area (Å²) in [6.45, 7) is 13.4. The molecule has 0 fully saturated rings. The van der Waals surface area contributed by atoms with E-state index in [2.05, 4.69) is 63.9 Å². The lowest BCUT2D eigenvalue weighted by Crippen LogP contribution is -2.15. The van der Waals surface area contributed by atoms with Crippen LogP contribution in [0.1, 0.15) is 99.5 Å². The molecule has 0 saturated carbocycles. The van der Waals surface area contributed by atoms with Gasteiger partial charge in [-0.1, -0.05) is 0 Å². The molecular weight excluding hydrogens is 1340 g/mol. The molecule has 8 aromatic rings. The number of alkyl halides is 6. The van der Waals surface area contributed by atoms with Crippen molar-refractivity contribution < 1.29 is 78.6 Å². The quantitative estimate of drug-likeness (QED) is 0.0825. The Morgan fingerprint density at radius 3 is 1.23 bits per heavy atom. The van der Waals surface area contributed by atoms with E-state index in [1.165, 1.54) is 20.3 Å². The van der Waals surface area contributed by atoms with Crippen molar-refractivity contribution in [2.24, 2.45) is 0 Å². The fraction of sp³-hybridized carbons (Fsp3) is 0.448. The number of ether oxygens (including phenoxy) is 9. The van der Waals surface area contributed by atoms with Gasteiger partial charge >= 0.3 is 31.8 Å². The van der Waals surface area contributed by atoms with Crippen LogP contribution in [0.15, 0.2) is 71.3 Å². The van der Waals surface area contributed by atoms with Gasteiger partial charge in [0, 0.05) is 65.0 Å². The van der Waals surface area contributed by atoms with Gasteiger partial charge < -0.3 is 60.9 Å². The minimum absolute atomic E-state index is 0.0442. The van der Waals surface area contributed by atoms with Crippen LogP contribution in [0.3, 0.4) is 0 Å². The number of halogens is 8. The number of aromatic nitrogens is 9. The summed E-state index contributed by atoms with van der Waals surface area (Å²) >= 11 is 9.50. The molecular formula is C67H75BrClF6N9O11. The highest BCUT2D eigenvalue weighted by atomic mass is 79.9. The maximum absolute atomic E-state index is 12.6. The predicted octanol–water partition coefficient (Wildman–Crippen LogP) is 13.8. The van der Waals surface area contributed by atoms with Crippen molar-refractivity contribution in [2.75, 3.05) is 40.6 Å². The molecule has 0 saturated heterocycles. The molecule has 28 heteroatoms. The minimum atomic E-state index is -2.88. The summed E-state index contributed by atoms with van der Waals surface area (Å²) in [6.07, 6.45) is 2.86. The van der Waals surface area contributed by atoms with Gasteiger partial charge in [0.25, 0.3) is 0 Å². The topological polar surface area (TPSA) is 201 Å². The molecule has 4 aliphatic rings. The van der Waals surface area contributed by atoms with Crippen molar-refractivity contribution in [2.45, 2.75) is 158 Å². The average Bonchev–Trinajstić information content (AvgIpc) is 1.65. The number of aryl methyl sites for hydroxylation is 5. The van der Waals surface area contributed by atoms with Crippen molar-refractivity contribution in [3.05, 3.63) is 139 Å². The number of carbonyl (C=O) groups excluding carboxylic acids is 2. The number of pyridine rings is 1. The van der Waals surface area contributed by atoms with Crippen molar-refractivity contribution in [3.63, 3.8) is 0 Å². The highest BCUT2D eigenvalue weighted by Crippen LogP contribution is 2.37. The van der Waals surface area contributed by atoms with Crippen LogP contribution >= 0.6 is 27.5 Å². The number of fused-ring (bicyclic) bond motifs is 4. The first-order chi connectivity index (χ1) is 45.3. The standard InChI is InChI=1S/C23H25F2N3O2.C18H20F2N2O4.C16H17BrF2N2O2.C10H13ClN2O3/c1-13-9-17(5-6-20(13)30-23(24)25)22-27-21(18-10-14(2)26-15(3)11-18)19-7-8-29-16(4)12-28(19)22;1-10-8-12(4-5-14(10)26-18(19)20)16-21-15(17(23)24-3)13-6-7-25-11(2)9-22(13)16;1-9-7-11(3-4-13(9)23-16(18)19)15-20-14(17)12-5-6-22-10(2)8-21(12)15;1-6-5-13-7(3-4-16-6)8(9(14)15-2)12-10(13)11/h5-6,9-11,16,23H,7-8,12H2,1-4H3;4-5,8,11,18H,6-7,9H2,1-3H3;3-4,7,10,16H,5-6,8H2,1-2H3;6H,3-5H2,1-2H3/t16-;11-;10-;6-/m1111/s1. The van der Waals surface area contributed by atoms with Crippen LogP contribution in [0.25, 0.3) is 45.4 Å². The molecule has 0 spiro atoms. The number of hydrogen-bond acceptors (Lipinski definition) is 16. The second-order valence-corrected chi connectivity index (χ2v) is 24.3. The molecule has 510 valence electrons. The highest BCUT2D eigenvalue weighted by Gasteiger charge is 2.30. The minimum Gasteiger partial charge on any atom is -0.464 e. The maximum atomic E-state index is 12.6. The smallest absolute Gasteiger partial charge is 0.387 e. The monoisotopic (exact) mass is 1410 g/mol. The van der Waals surface area contributed by atoms with Gasteiger partial charge in [0.2, 0.25) is 5.28 Å². The molecule has 0 bridgehead atoms. The number of rotatable bonds is 12. The van der Waals surface area contributed by atoms with Crippen LogP contribution in [-0.2, 0) is 80.3 Å². The molecule has 4 aliphatic heterocycles. The van der Waals surface area contributed by atoms with E-state index in [0.29, 0.717) is 105 Å². The van der Waals surface area contributed by atoms with Crippen LogP contribution in [0, 0.1) is 34.6 Å². The van der Waals surface area contributed by atoms with E-state index >= 15 is 0 Å². The Hall–Kier alpha value is -7.82. The highest BCUT2D eigenvalue weighted by molar-refractivity contribution is 9.10. The molecule has 9 heterocycles. The van der Waals surface area contributed by atoms with E-state index in [-0.39, 0.29) is 47.4 Å². The molecule has 0 unspecified atom stereocenters. The summed E-state index contributed by atoms with van der Waals surface area (Å²) in [7, 11) is 2.64. The van der Waals surface area contributed by atoms with Crippen LogP contribution in [0.5, 0.6) is 17.2 Å². The number of benzene rings is 3. The molecule has 5 aromatic heterocycles. The third kappa shape index (κ3) is 17.4. The van der Waals surface area contributed by atoms with Crippen LogP contribution < -0.4 is 14.2 Å². The molecule has 0 radical (unpaired) electrons. The lowest BCUT2D eigenvalue weighted by molar-refractivity contribution is -0.0509. The van der Waals surface area contributed by atoms with E-state index in [1.54, 1.807) is 57.2 Å². The SMILES string of the molecule is COC(=O)c1nc(-c2ccc(OC(F)F)c(C)c2)n2c1CCO[C@H](C)C2.COC(=O)c1nc(Cl)n2c1CCO[C@H](C)C2.Cc1cc(-c2nc(-c3ccc(OC(F)F)c(C)c3)n3c2CCO[C@H](C)C3)cc(C)n1.Cc1cc(-c2nc(Br)c3n2C[C@@H](C)OCC3)ccc1OC(F)F. The fourth-order valence-electron chi connectivity index (χ4n) is 11.8. The zero-order valence-corrected chi connectivity index (χ0v) is 56.8. The molecule has 4 atom stereocenters. The molecule has 12 rings (SSSR count). The number of imidazole rings is 4. The van der Waals surface area contributed by atoms with Crippen LogP contribution in [0.2, 0.25) is 5.28 Å². The normalized spacial score (nSPS) is 17.5. The Morgan fingerprint density at radius 2 is 0.821 bits per heavy atom. The predicted molar refractivity (Wildman–Crippen MR) is 344 cm³/mol. The van der Waals surface area contributed by atoms with Crippen molar-refractivity contribution in [1.29, 1.82) is 0 Å². The molecule has 0 N–H and O–H groups in total. The van der Waals surface area contributed by atoms with Crippen molar-refractivity contribution in [1.82, 2.24) is 43.2 Å². The summed E-state index contributed by atoms with van der Waals surface area (Å²) < 4.78 is 130. The molecule has 3 aromatic carbocycles. The zero-order valence-electron chi connectivity index (χ0n) is 54.4. The van der Waals surface area contributed by atoms with Gasteiger partial charge in [-0.2, -0.15) is 26.3 Å². The van der Waals surface area contributed by atoms with Gasteiger partial charge in [0.15, 0.2) is 11.4 Å². The third-order valence-electron chi connectivity index (χ3n) is 16.0. The van der Waals surface area contributed by atoms with Crippen molar-refractivity contribution >= 4 is 39.5 Å². The van der Waals surface area contributed by atoms with Gasteiger partial charge in [-0.3, -0.25) is 4.98 Å². The lowest BCUT2D eigenvalue weighted by Gasteiger charge is -2.14. The number of nitrogens with zero attached hydrogens (tertiary/aromatic N) is 9. The van der Waals surface area contributed by atoms with Gasteiger partial charge in [-0.15, -0.1) is 0 Å². The Morgan fingerprint density at radius 1 is 0.474 bits per heavy atom. The Labute approximate surface area is 559 Å². The van der Waals surface area contributed by atoms with E-state index in [1.807, 2.05) is 74.9 Å². The first-order valence-corrected chi connectivity index (χ1v) is 31.9. The zero-order chi connectivity index (χ0) is 68.5. The molecule has 0 aliphatic carbocycles. The van der Waals surface area contributed by atoms with Gasteiger partial charge in [-0.05, 0) is 173 Å². The van der Waals surface area contributed by atoms with Gasteiger partial charge in [0.05, 0.1) is 114 Å². The first kappa shape index (κ1) is 71.5. The van der Waals surface area contributed by atoms with E-state index in [4.69, 9.17) is 40.3 Å². The summed E-state index contributed by atoms with van der Waals surface area (Å²) in [5.41, 5.74) is 12.4. The maximum Gasteiger partial charge on any atom is 0.387 e. The summed E-state index contributed by atoms with van der Waals surface area (Å²) in [5, 5.41) is 0.313. The average molecular weight is 1410 g/mol. The summed E-state index contributed by atoms with van der Waals surface area (Å²) in [5.74, 6) is 1.68. The Balaban J connectivity index is 0.000000152. The van der Waals surface area contributed by atoms with E-state index < -0.39 is 31.8 Å².